The lowest BCUT2D eigenvalue weighted by atomic mass is 10.1. The van der Waals surface area contributed by atoms with Gasteiger partial charge in [0.05, 0.1) is 13.1 Å². The molecule has 0 radical (unpaired) electrons. The Balaban J connectivity index is 1.30. The second-order valence-corrected chi connectivity index (χ2v) is 9.06. The molecule has 6 nitrogen and oxygen atoms in total. The summed E-state index contributed by atoms with van der Waals surface area (Å²) in [4.78, 5) is 29.2. The summed E-state index contributed by atoms with van der Waals surface area (Å²) in [6, 6.07) is 0.757. The van der Waals surface area contributed by atoms with E-state index in [1.807, 2.05) is 0 Å². The Morgan fingerprint density at radius 2 is 0.893 bits per heavy atom. The van der Waals surface area contributed by atoms with E-state index in [9.17, 15) is 9.59 Å². The van der Waals surface area contributed by atoms with Crippen LogP contribution in [0.1, 0.15) is 77.0 Å². The zero-order chi connectivity index (χ0) is 19.6. The van der Waals surface area contributed by atoms with Crippen molar-refractivity contribution in [2.24, 2.45) is 0 Å². The molecule has 28 heavy (non-hydrogen) atoms. The summed E-state index contributed by atoms with van der Waals surface area (Å²) in [5, 5.41) is 6.48. The van der Waals surface area contributed by atoms with Gasteiger partial charge in [-0.1, -0.05) is 51.4 Å². The Morgan fingerprint density at radius 1 is 0.571 bits per heavy atom. The van der Waals surface area contributed by atoms with Gasteiger partial charge >= 0.3 is 0 Å². The smallest absolute Gasteiger partial charge is 0.234 e. The molecule has 160 valence electrons. The minimum Gasteiger partial charge on any atom is -0.352 e. The van der Waals surface area contributed by atoms with Crippen molar-refractivity contribution in [1.29, 1.82) is 0 Å². The highest BCUT2D eigenvalue weighted by atomic mass is 16.2. The van der Waals surface area contributed by atoms with E-state index in [0.717, 1.165) is 51.9 Å². The maximum Gasteiger partial charge on any atom is 0.234 e. The number of rotatable bonds is 6. The average Bonchev–Trinajstić information content (AvgIpc) is 3.08. The highest BCUT2D eigenvalue weighted by Crippen LogP contribution is 2.18. The molecule has 6 heteroatoms. The lowest BCUT2D eigenvalue weighted by Gasteiger charge is -2.34. The van der Waals surface area contributed by atoms with Gasteiger partial charge in [0.25, 0.3) is 0 Å². The second kappa shape index (κ2) is 11.8. The average molecular weight is 393 g/mol. The number of carbonyl (C=O) groups excluding carboxylic acids is 2. The van der Waals surface area contributed by atoms with Gasteiger partial charge in [-0.05, 0) is 25.7 Å². The topological polar surface area (TPSA) is 64.7 Å². The highest BCUT2D eigenvalue weighted by molar-refractivity contribution is 5.79. The fourth-order valence-corrected chi connectivity index (χ4v) is 4.91. The number of nitrogens with zero attached hydrogens (tertiary/aromatic N) is 2. The maximum absolute atomic E-state index is 12.4. The van der Waals surface area contributed by atoms with Crippen molar-refractivity contribution in [3.63, 3.8) is 0 Å². The van der Waals surface area contributed by atoms with Crippen molar-refractivity contribution in [1.82, 2.24) is 20.4 Å². The van der Waals surface area contributed by atoms with Crippen LogP contribution in [0.2, 0.25) is 0 Å². The molecule has 0 spiro atoms. The summed E-state index contributed by atoms with van der Waals surface area (Å²) in [5.74, 6) is 0.345. The van der Waals surface area contributed by atoms with Crippen LogP contribution in [0, 0.1) is 0 Å². The van der Waals surface area contributed by atoms with Crippen LogP contribution < -0.4 is 10.6 Å². The Hall–Kier alpha value is -1.14. The van der Waals surface area contributed by atoms with Crippen molar-refractivity contribution < 1.29 is 9.59 Å². The second-order valence-electron chi connectivity index (χ2n) is 9.06. The molecule has 2 amide bonds. The summed E-state index contributed by atoms with van der Waals surface area (Å²) in [6.07, 6.45) is 14.7. The molecule has 3 fully saturated rings. The van der Waals surface area contributed by atoms with E-state index in [0.29, 0.717) is 25.2 Å². The molecule has 0 aromatic heterocycles. The molecule has 3 aliphatic rings. The Morgan fingerprint density at radius 3 is 1.21 bits per heavy atom. The van der Waals surface area contributed by atoms with Crippen molar-refractivity contribution in [3.05, 3.63) is 0 Å². The SMILES string of the molecule is O=C(CN1CCN(CC(=O)NC2CCCCCC2)CC1)NC1CCCCCC1. The predicted molar refractivity (Wildman–Crippen MR) is 112 cm³/mol. The number of amides is 2. The zero-order valence-corrected chi connectivity index (χ0v) is 17.6. The number of carbonyl (C=O) groups is 2. The fraction of sp³-hybridized carbons (Fsp3) is 0.909. The molecule has 1 aliphatic heterocycles. The minimum absolute atomic E-state index is 0.173. The largest absolute Gasteiger partial charge is 0.352 e. The standard InChI is InChI=1S/C22H40N4O2/c27-21(23-19-9-5-1-2-6-10-19)17-25-13-15-26(16-14-25)18-22(28)24-20-11-7-3-4-8-12-20/h19-20H,1-18H2,(H,23,27)(H,24,28). The van der Waals surface area contributed by atoms with Gasteiger partial charge in [0.1, 0.15) is 0 Å². The summed E-state index contributed by atoms with van der Waals surface area (Å²) in [6.45, 7) is 4.48. The van der Waals surface area contributed by atoms with E-state index in [1.54, 1.807) is 0 Å². The van der Waals surface area contributed by atoms with Gasteiger partial charge in [-0.3, -0.25) is 19.4 Å². The van der Waals surface area contributed by atoms with Crippen LogP contribution in [0.25, 0.3) is 0 Å². The number of nitrogens with one attached hydrogen (secondary N) is 2. The highest BCUT2D eigenvalue weighted by Gasteiger charge is 2.23. The maximum atomic E-state index is 12.4. The molecule has 2 saturated carbocycles. The van der Waals surface area contributed by atoms with Gasteiger partial charge in [0.15, 0.2) is 0 Å². The molecule has 1 heterocycles. The lowest BCUT2D eigenvalue weighted by Crippen LogP contribution is -2.52. The summed E-state index contributed by atoms with van der Waals surface area (Å²) < 4.78 is 0. The fourth-order valence-electron chi connectivity index (χ4n) is 4.91. The van der Waals surface area contributed by atoms with Crippen molar-refractivity contribution in [2.45, 2.75) is 89.1 Å². The van der Waals surface area contributed by atoms with Gasteiger partial charge in [0.2, 0.25) is 11.8 Å². The van der Waals surface area contributed by atoms with E-state index in [1.165, 1.54) is 51.4 Å². The molecule has 2 N–H and O–H groups in total. The molecule has 0 atom stereocenters. The normalized spacial score (nSPS) is 24.3. The number of hydrogen-bond acceptors (Lipinski definition) is 4. The first-order valence-corrected chi connectivity index (χ1v) is 11.7. The van der Waals surface area contributed by atoms with Crippen LogP contribution in [0.15, 0.2) is 0 Å². The van der Waals surface area contributed by atoms with E-state index in [-0.39, 0.29) is 11.8 Å². The summed E-state index contributed by atoms with van der Waals surface area (Å²) in [7, 11) is 0. The lowest BCUT2D eigenvalue weighted by molar-refractivity contribution is -0.125. The monoisotopic (exact) mass is 392 g/mol. The minimum atomic E-state index is 0.173. The van der Waals surface area contributed by atoms with E-state index >= 15 is 0 Å². The zero-order valence-electron chi connectivity index (χ0n) is 17.6. The van der Waals surface area contributed by atoms with E-state index in [2.05, 4.69) is 20.4 Å². The third-order valence-corrected chi connectivity index (χ3v) is 6.64. The van der Waals surface area contributed by atoms with Crippen LogP contribution in [-0.2, 0) is 9.59 Å². The molecule has 2 aliphatic carbocycles. The number of hydrogen-bond donors (Lipinski definition) is 2. The molecule has 0 bridgehead atoms. The van der Waals surface area contributed by atoms with E-state index in [4.69, 9.17) is 0 Å². The Kier molecular flexibility index (Phi) is 9.06. The summed E-state index contributed by atoms with van der Waals surface area (Å²) >= 11 is 0. The predicted octanol–water partition coefficient (Wildman–Crippen LogP) is 2.28. The van der Waals surface area contributed by atoms with Crippen LogP contribution in [0.4, 0.5) is 0 Å². The number of piperazine rings is 1. The molecule has 1 saturated heterocycles. The molecular formula is C22H40N4O2. The quantitative estimate of drug-likeness (QED) is 0.681. The van der Waals surface area contributed by atoms with Crippen LogP contribution >= 0.6 is 0 Å². The Labute approximate surface area is 170 Å². The molecule has 0 unspecified atom stereocenters. The van der Waals surface area contributed by atoms with Crippen molar-refractivity contribution >= 4 is 11.8 Å². The molecule has 3 rings (SSSR count). The molecular weight excluding hydrogens is 352 g/mol. The van der Waals surface area contributed by atoms with Gasteiger partial charge in [0, 0.05) is 38.3 Å². The molecule has 0 aromatic rings. The van der Waals surface area contributed by atoms with Crippen LogP contribution in [0.5, 0.6) is 0 Å². The third-order valence-electron chi connectivity index (χ3n) is 6.64. The first kappa shape index (κ1) is 21.6. The van der Waals surface area contributed by atoms with Crippen LogP contribution in [0.3, 0.4) is 0 Å². The van der Waals surface area contributed by atoms with Crippen LogP contribution in [-0.4, -0.2) is 73.0 Å². The first-order chi connectivity index (χ1) is 13.7. The Bertz CT molecular complexity index is 431. The first-order valence-electron chi connectivity index (χ1n) is 11.7. The van der Waals surface area contributed by atoms with Crippen molar-refractivity contribution in [3.8, 4) is 0 Å². The summed E-state index contributed by atoms with van der Waals surface area (Å²) in [5.41, 5.74) is 0. The third kappa shape index (κ3) is 7.70. The molecule has 0 aromatic carbocycles. The van der Waals surface area contributed by atoms with E-state index < -0.39 is 0 Å². The van der Waals surface area contributed by atoms with Gasteiger partial charge in [-0.15, -0.1) is 0 Å². The van der Waals surface area contributed by atoms with Gasteiger partial charge in [-0.25, -0.2) is 0 Å². The van der Waals surface area contributed by atoms with Gasteiger partial charge in [-0.2, -0.15) is 0 Å². The van der Waals surface area contributed by atoms with Gasteiger partial charge < -0.3 is 10.6 Å². The van der Waals surface area contributed by atoms with Crippen molar-refractivity contribution in [2.75, 3.05) is 39.3 Å².